The zero-order chi connectivity index (χ0) is 18.6. The number of rotatable bonds is 5. The van der Waals surface area contributed by atoms with E-state index in [-0.39, 0.29) is 34.5 Å². The Morgan fingerprint density at radius 3 is 2.76 bits per heavy atom. The molecule has 1 aromatic carbocycles. The minimum absolute atomic E-state index is 0.0793. The van der Waals surface area contributed by atoms with Crippen molar-refractivity contribution in [3.63, 3.8) is 0 Å². The molecule has 1 aromatic rings. The quantitative estimate of drug-likeness (QED) is 0.790. The predicted octanol–water partition coefficient (Wildman–Crippen LogP) is 4.12. The molecule has 0 saturated heterocycles. The molecule has 1 unspecified atom stereocenters. The lowest BCUT2D eigenvalue weighted by Crippen LogP contribution is -2.31. The Kier molecular flexibility index (Phi) is 5.77. The predicted molar refractivity (Wildman–Crippen MR) is 99.5 cm³/mol. The van der Waals surface area contributed by atoms with Crippen molar-refractivity contribution in [2.45, 2.75) is 53.0 Å². The first-order valence-electron chi connectivity index (χ1n) is 8.62. The second kappa shape index (κ2) is 7.64. The van der Waals surface area contributed by atoms with Gasteiger partial charge in [-0.25, -0.2) is 0 Å². The standard InChI is InChI=1S/C20H26N2O3/c1-5-13(2)22-19(25)14-7-6-8-15(9-14)21-12-16-17(23)10-20(3,4)11-18(16)24/h6-9,12-13,23H,5,10-11H2,1-4H3,(H,22,25). The molecule has 5 nitrogen and oxygen atoms in total. The van der Waals surface area contributed by atoms with Crippen molar-refractivity contribution >= 4 is 23.6 Å². The van der Waals surface area contributed by atoms with Gasteiger partial charge in [-0.3, -0.25) is 14.6 Å². The molecule has 1 amide bonds. The van der Waals surface area contributed by atoms with Gasteiger partial charge in [0.2, 0.25) is 0 Å². The van der Waals surface area contributed by atoms with E-state index in [9.17, 15) is 14.7 Å². The molecule has 0 aliphatic heterocycles. The number of carbonyl (C=O) groups is 2. The van der Waals surface area contributed by atoms with Crippen molar-refractivity contribution in [2.24, 2.45) is 10.4 Å². The Morgan fingerprint density at radius 1 is 1.40 bits per heavy atom. The second-order valence-corrected chi connectivity index (χ2v) is 7.39. The first kappa shape index (κ1) is 18.9. The SMILES string of the molecule is CCC(C)NC(=O)c1cccc(N=CC2=C(O)CC(C)(C)CC2=O)c1. The maximum absolute atomic E-state index is 12.2. The lowest BCUT2D eigenvalue weighted by atomic mass is 9.77. The van der Waals surface area contributed by atoms with Crippen LogP contribution < -0.4 is 5.32 Å². The van der Waals surface area contributed by atoms with Crippen LogP contribution in [0.25, 0.3) is 0 Å². The molecule has 0 radical (unpaired) electrons. The highest BCUT2D eigenvalue weighted by Gasteiger charge is 2.32. The molecule has 0 heterocycles. The van der Waals surface area contributed by atoms with Crippen molar-refractivity contribution in [1.29, 1.82) is 0 Å². The summed E-state index contributed by atoms with van der Waals surface area (Å²) in [6.45, 7) is 7.86. The smallest absolute Gasteiger partial charge is 0.251 e. The minimum Gasteiger partial charge on any atom is -0.511 e. The largest absolute Gasteiger partial charge is 0.511 e. The zero-order valence-corrected chi connectivity index (χ0v) is 15.3. The highest BCUT2D eigenvalue weighted by atomic mass is 16.3. The van der Waals surface area contributed by atoms with Crippen LogP contribution in [-0.4, -0.2) is 29.1 Å². The van der Waals surface area contributed by atoms with Crippen LogP contribution in [0.15, 0.2) is 40.6 Å². The summed E-state index contributed by atoms with van der Waals surface area (Å²) in [5.41, 5.74) is 1.11. The highest BCUT2D eigenvalue weighted by molar-refractivity contribution is 6.15. The van der Waals surface area contributed by atoms with Gasteiger partial charge in [-0.15, -0.1) is 0 Å². The molecule has 25 heavy (non-hydrogen) atoms. The maximum Gasteiger partial charge on any atom is 0.251 e. The molecule has 2 N–H and O–H groups in total. The second-order valence-electron chi connectivity index (χ2n) is 7.39. The molecule has 0 fully saturated rings. The fourth-order valence-electron chi connectivity index (χ4n) is 2.72. The Labute approximate surface area is 148 Å². The summed E-state index contributed by atoms with van der Waals surface area (Å²) in [5, 5.41) is 13.0. The monoisotopic (exact) mass is 342 g/mol. The van der Waals surface area contributed by atoms with E-state index < -0.39 is 0 Å². The van der Waals surface area contributed by atoms with Gasteiger partial charge in [0.05, 0.1) is 11.3 Å². The number of aliphatic imine (C=N–C) groups is 1. The first-order valence-corrected chi connectivity index (χ1v) is 8.62. The topological polar surface area (TPSA) is 78.8 Å². The number of aliphatic hydroxyl groups excluding tert-OH is 1. The fraction of sp³-hybridized carbons (Fsp3) is 0.450. The van der Waals surface area contributed by atoms with E-state index >= 15 is 0 Å². The average molecular weight is 342 g/mol. The molecular formula is C20H26N2O3. The van der Waals surface area contributed by atoms with Crippen molar-refractivity contribution in [2.75, 3.05) is 0 Å². The van der Waals surface area contributed by atoms with Gasteiger partial charge in [0.1, 0.15) is 5.76 Å². The van der Waals surface area contributed by atoms with Crippen LogP contribution in [0.1, 0.15) is 57.3 Å². The van der Waals surface area contributed by atoms with Crippen molar-refractivity contribution in [3.8, 4) is 0 Å². The molecule has 0 spiro atoms. The molecule has 0 aromatic heterocycles. The van der Waals surface area contributed by atoms with Gasteiger partial charge < -0.3 is 10.4 Å². The normalized spacial score (nSPS) is 18.5. The Balaban J connectivity index is 2.18. The molecule has 1 aliphatic carbocycles. The number of Topliss-reactive ketones (excluding diaryl/α,β-unsaturated/α-hetero) is 1. The number of hydrogen-bond acceptors (Lipinski definition) is 4. The molecule has 134 valence electrons. The summed E-state index contributed by atoms with van der Waals surface area (Å²) in [7, 11) is 0. The molecular weight excluding hydrogens is 316 g/mol. The van der Waals surface area contributed by atoms with E-state index in [4.69, 9.17) is 0 Å². The van der Waals surface area contributed by atoms with Crippen LogP contribution in [-0.2, 0) is 4.79 Å². The van der Waals surface area contributed by atoms with Crippen LogP contribution in [0.2, 0.25) is 0 Å². The molecule has 0 saturated carbocycles. The number of aliphatic hydroxyl groups is 1. The Hall–Kier alpha value is -2.43. The van der Waals surface area contributed by atoms with Crippen molar-refractivity contribution in [3.05, 3.63) is 41.2 Å². The third-order valence-electron chi connectivity index (χ3n) is 4.34. The van der Waals surface area contributed by atoms with E-state index in [1.165, 1.54) is 6.21 Å². The van der Waals surface area contributed by atoms with E-state index in [1.807, 2.05) is 27.7 Å². The number of nitrogens with one attached hydrogen (secondary N) is 1. The van der Waals surface area contributed by atoms with Gasteiger partial charge in [-0.05, 0) is 37.0 Å². The van der Waals surface area contributed by atoms with Gasteiger partial charge in [0, 0.05) is 30.7 Å². The van der Waals surface area contributed by atoms with Crippen LogP contribution in [0.4, 0.5) is 5.69 Å². The molecule has 1 aliphatic rings. The number of amides is 1. The van der Waals surface area contributed by atoms with E-state index in [2.05, 4.69) is 10.3 Å². The number of benzene rings is 1. The number of nitrogens with zero attached hydrogens (tertiary/aromatic N) is 1. The number of allylic oxidation sites excluding steroid dienone is 2. The zero-order valence-electron chi connectivity index (χ0n) is 15.3. The lowest BCUT2D eigenvalue weighted by molar-refractivity contribution is -0.117. The molecule has 5 heteroatoms. The van der Waals surface area contributed by atoms with Crippen molar-refractivity contribution < 1.29 is 14.7 Å². The third kappa shape index (κ3) is 5.02. The molecule has 1 atom stereocenters. The van der Waals surface area contributed by atoms with Gasteiger partial charge in [0.15, 0.2) is 5.78 Å². The van der Waals surface area contributed by atoms with Crippen molar-refractivity contribution in [1.82, 2.24) is 5.32 Å². The summed E-state index contributed by atoms with van der Waals surface area (Å²) < 4.78 is 0. The van der Waals surface area contributed by atoms with Crippen LogP contribution >= 0.6 is 0 Å². The summed E-state index contributed by atoms with van der Waals surface area (Å²) in [5.74, 6) is -0.178. The molecule has 2 rings (SSSR count). The Bertz CT molecular complexity index is 732. The number of carbonyl (C=O) groups excluding carboxylic acids is 2. The fourth-order valence-corrected chi connectivity index (χ4v) is 2.72. The lowest BCUT2D eigenvalue weighted by Gasteiger charge is -2.28. The van der Waals surface area contributed by atoms with Gasteiger partial charge in [0.25, 0.3) is 5.91 Å². The average Bonchev–Trinajstić information content (AvgIpc) is 2.53. The summed E-state index contributed by atoms with van der Waals surface area (Å²) in [6.07, 6.45) is 3.10. The number of hydrogen-bond donors (Lipinski definition) is 2. The van der Waals surface area contributed by atoms with E-state index in [0.29, 0.717) is 24.1 Å². The van der Waals surface area contributed by atoms with Gasteiger partial charge in [-0.1, -0.05) is 26.8 Å². The maximum atomic E-state index is 12.2. The van der Waals surface area contributed by atoms with Gasteiger partial charge in [-0.2, -0.15) is 0 Å². The van der Waals surface area contributed by atoms with E-state index in [1.54, 1.807) is 24.3 Å². The summed E-state index contributed by atoms with van der Waals surface area (Å²) in [4.78, 5) is 28.7. The highest BCUT2D eigenvalue weighted by Crippen LogP contribution is 2.35. The van der Waals surface area contributed by atoms with Crippen LogP contribution in [0.3, 0.4) is 0 Å². The summed E-state index contributed by atoms with van der Waals surface area (Å²) in [6, 6.07) is 7.00. The van der Waals surface area contributed by atoms with Crippen LogP contribution in [0, 0.1) is 5.41 Å². The van der Waals surface area contributed by atoms with Crippen LogP contribution in [0.5, 0.6) is 0 Å². The summed E-state index contributed by atoms with van der Waals surface area (Å²) >= 11 is 0. The van der Waals surface area contributed by atoms with E-state index in [0.717, 1.165) is 6.42 Å². The Morgan fingerprint density at radius 2 is 2.12 bits per heavy atom. The number of ketones is 1. The first-order chi connectivity index (χ1) is 11.7. The molecule has 0 bridgehead atoms. The minimum atomic E-state index is -0.230. The third-order valence-corrected chi connectivity index (χ3v) is 4.34. The van der Waals surface area contributed by atoms with Gasteiger partial charge >= 0.3 is 0 Å².